The van der Waals surface area contributed by atoms with Gasteiger partial charge in [0.2, 0.25) is 0 Å². The number of benzene rings is 1. The fraction of sp³-hybridized carbons (Fsp3) is 0.684. The molecule has 0 N–H and O–H groups in total. The van der Waals surface area contributed by atoms with E-state index in [0.717, 1.165) is 24.3 Å². The molecular formula is C19H27Cl2NO. The zero-order chi connectivity index (χ0) is 16.4. The van der Waals surface area contributed by atoms with Crippen molar-refractivity contribution in [3.8, 4) is 5.75 Å². The number of piperidine rings is 1. The van der Waals surface area contributed by atoms with Gasteiger partial charge in [0, 0.05) is 18.0 Å². The molecule has 1 aromatic rings. The molecule has 0 aromatic heterocycles. The lowest BCUT2D eigenvalue weighted by molar-refractivity contribution is 0.0332. The summed E-state index contributed by atoms with van der Waals surface area (Å²) in [4.78, 5) is 2.59. The molecule has 23 heavy (non-hydrogen) atoms. The summed E-state index contributed by atoms with van der Waals surface area (Å²) in [6, 6.07) is 7.06. The van der Waals surface area contributed by atoms with Crippen molar-refractivity contribution in [2.24, 2.45) is 11.8 Å². The van der Waals surface area contributed by atoms with Gasteiger partial charge < -0.3 is 9.64 Å². The van der Waals surface area contributed by atoms with Gasteiger partial charge in [0.1, 0.15) is 10.8 Å². The van der Waals surface area contributed by atoms with Crippen LogP contribution >= 0.6 is 23.2 Å². The monoisotopic (exact) mass is 355 g/mol. The molecule has 0 radical (unpaired) electrons. The van der Waals surface area contributed by atoms with E-state index >= 15 is 0 Å². The lowest BCUT2D eigenvalue weighted by Gasteiger charge is -2.43. The van der Waals surface area contributed by atoms with E-state index in [2.05, 4.69) is 18.9 Å². The van der Waals surface area contributed by atoms with E-state index in [0.29, 0.717) is 22.0 Å². The summed E-state index contributed by atoms with van der Waals surface area (Å²) in [5, 5.41) is 1.10. The normalized spacial score (nSPS) is 30.6. The third-order valence-electron chi connectivity index (χ3n) is 5.85. The quantitative estimate of drug-likeness (QED) is 0.652. The lowest BCUT2D eigenvalue weighted by Crippen LogP contribution is -2.48. The second-order valence-corrected chi connectivity index (χ2v) is 7.91. The molecule has 4 atom stereocenters. The standard InChI is InChI=1S/C19H27Cl2NO/c1-3-4-6-13-11-14-9-10-17(22(14)2)15(13)12-23-18-8-5-7-16(20)19(18)21/h5,7-8,13-15,17H,3-4,6,9-12H2,1-2H3/t13-,14?,15+,17?/m0/s1. The highest BCUT2D eigenvalue weighted by Crippen LogP contribution is 2.44. The van der Waals surface area contributed by atoms with Crippen molar-refractivity contribution in [2.45, 2.75) is 57.5 Å². The van der Waals surface area contributed by atoms with Crippen LogP contribution in [0.4, 0.5) is 0 Å². The molecule has 2 heterocycles. The second kappa shape index (κ2) is 7.63. The van der Waals surface area contributed by atoms with Gasteiger partial charge in [-0.25, -0.2) is 0 Å². The molecule has 0 amide bonds. The highest BCUT2D eigenvalue weighted by atomic mass is 35.5. The van der Waals surface area contributed by atoms with E-state index in [9.17, 15) is 0 Å². The topological polar surface area (TPSA) is 12.5 Å². The summed E-state index contributed by atoms with van der Waals surface area (Å²) in [7, 11) is 2.29. The first-order chi connectivity index (χ1) is 11.1. The minimum Gasteiger partial charge on any atom is -0.492 e. The Bertz CT molecular complexity index is 536. The Labute approximate surface area is 150 Å². The Balaban J connectivity index is 1.70. The fourth-order valence-electron chi connectivity index (χ4n) is 4.51. The van der Waals surface area contributed by atoms with E-state index < -0.39 is 0 Å². The number of hydrogen-bond donors (Lipinski definition) is 0. The van der Waals surface area contributed by atoms with E-state index in [1.165, 1.54) is 38.5 Å². The van der Waals surface area contributed by atoms with Crippen LogP contribution in [0.5, 0.6) is 5.75 Å². The van der Waals surface area contributed by atoms with Crippen LogP contribution in [0.3, 0.4) is 0 Å². The van der Waals surface area contributed by atoms with Crippen molar-refractivity contribution >= 4 is 23.2 Å². The lowest BCUT2D eigenvalue weighted by atomic mass is 9.78. The van der Waals surface area contributed by atoms with Crippen molar-refractivity contribution < 1.29 is 4.74 Å². The summed E-state index contributed by atoms with van der Waals surface area (Å²) in [5.74, 6) is 2.10. The van der Waals surface area contributed by atoms with Crippen LogP contribution in [-0.4, -0.2) is 30.6 Å². The first kappa shape index (κ1) is 17.4. The van der Waals surface area contributed by atoms with Gasteiger partial charge in [0.25, 0.3) is 0 Å². The molecule has 2 fully saturated rings. The summed E-state index contributed by atoms with van der Waals surface area (Å²) >= 11 is 12.4. The Kier molecular flexibility index (Phi) is 5.77. The minimum atomic E-state index is 0.535. The summed E-state index contributed by atoms with van der Waals surface area (Å²) < 4.78 is 6.12. The minimum absolute atomic E-state index is 0.535. The largest absolute Gasteiger partial charge is 0.492 e. The number of rotatable bonds is 6. The maximum atomic E-state index is 6.27. The van der Waals surface area contributed by atoms with Crippen molar-refractivity contribution in [1.82, 2.24) is 4.90 Å². The maximum Gasteiger partial charge on any atom is 0.139 e. The Morgan fingerprint density at radius 1 is 1.26 bits per heavy atom. The molecule has 1 aromatic carbocycles. The third-order valence-corrected chi connectivity index (χ3v) is 6.65. The van der Waals surface area contributed by atoms with E-state index in [1.54, 1.807) is 6.07 Å². The molecule has 2 bridgehead atoms. The molecule has 3 rings (SSSR count). The smallest absolute Gasteiger partial charge is 0.139 e. The average molecular weight is 356 g/mol. The molecular weight excluding hydrogens is 329 g/mol. The molecule has 2 unspecified atom stereocenters. The zero-order valence-electron chi connectivity index (χ0n) is 14.1. The van der Waals surface area contributed by atoms with Gasteiger partial charge >= 0.3 is 0 Å². The SMILES string of the molecule is CCCC[C@H]1CC2CCC([C@@H]1COc1cccc(Cl)c1Cl)N2C. The molecule has 2 saturated heterocycles. The van der Waals surface area contributed by atoms with Crippen LogP contribution in [0.1, 0.15) is 45.4 Å². The number of hydrogen-bond acceptors (Lipinski definition) is 2. The molecule has 0 saturated carbocycles. The number of ether oxygens (including phenoxy) is 1. The van der Waals surface area contributed by atoms with E-state index in [1.807, 2.05) is 12.1 Å². The van der Waals surface area contributed by atoms with Gasteiger partial charge in [-0.1, -0.05) is 49.0 Å². The van der Waals surface area contributed by atoms with E-state index in [4.69, 9.17) is 27.9 Å². The molecule has 128 valence electrons. The average Bonchev–Trinajstić information content (AvgIpc) is 2.79. The maximum absolute atomic E-state index is 6.27. The molecule has 0 spiro atoms. The molecule has 2 nitrogen and oxygen atoms in total. The Hall–Kier alpha value is -0.440. The number of unbranched alkanes of at least 4 members (excludes halogenated alkanes) is 1. The van der Waals surface area contributed by atoms with Crippen LogP contribution in [0.15, 0.2) is 18.2 Å². The van der Waals surface area contributed by atoms with Crippen molar-refractivity contribution in [2.75, 3.05) is 13.7 Å². The Morgan fingerprint density at radius 2 is 2.09 bits per heavy atom. The van der Waals surface area contributed by atoms with Crippen LogP contribution < -0.4 is 4.74 Å². The Morgan fingerprint density at radius 3 is 2.87 bits per heavy atom. The summed E-state index contributed by atoms with van der Waals surface area (Å²) in [6.07, 6.45) is 7.90. The zero-order valence-corrected chi connectivity index (χ0v) is 15.6. The summed E-state index contributed by atoms with van der Waals surface area (Å²) in [6.45, 7) is 3.02. The van der Waals surface area contributed by atoms with E-state index in [-0.39, 0.29) is 0 Å². The fourth-order valence-corrected chi connectivity index (χ4v) is 4.85. The molecule has 4 heteroatoms. The molecule has 2 aliphatic heterocycles. The third kappa shape index (κ3) is 3.65. The number of halogens is 2. The molecule has 0 aliphatic carbocycles. The van der Waals surface area contributed by atoms with Crippen molar-refractivity contribution in [3.05, 3.63) is 28.2 Å². The second-order valence-electron chi connectivity index (χ2n) is 7.13. The highest BCUT2D eigenvalue weighted by Gasteiger charge is 2.45. The van der Waals surface area contributed by atoms with Gasteiger partial charge in [-0.15, -0.1) is 0 Å². The summed E-state index contributed by atoms with van der Waals surface area (Å²) in [5.41, 5.74) is 0. The van der Waals surface area contributed by atoms with Crippen molar-refractivity contribution in [1.29, 1.82) is 0 Å². The van der Waals surface area contributed by atoms with Gasteiger partial charge in [0.05, 0.1) is 11.6 Å². The van der Waals surface area contributed by atoms with Crippen LogP contribution in [0, 0.1) is 11.8 Å². The predicted molar refractivity (Wildman–Crippen MR) is 97.7 cm³/mol. The van der Waals surface area contributed by atoms with Crippen LogP contribution in [-0.2, 0) is 0 Å². The first-order valence-electron chi connectivity index (χ1n) is 8.90. The van der Waals surface area contributed by atoms with Crippen molar-refractivity contribution in [3.63, 3.8) is 0 Å². The number of nitrogens with zero attached hydrogens (tertiary/aromatic N) is 1. The van der Waals surface area contributed by atoms with Gasteiger partial charge in [-0.3, -0.25) is 0 Å². The number of fused-ring (bicyclic) bond motifs is 2. The molecule has 2 aliphatic rings. The first-order valence-corrected chi connectivity index (χ1v) is 9.66. The van der Waals surface area contributed by atoms with Gasteiger partial charge in [0.15, 0.2) is 0 Å². The van der Waals surface area contributed by atoms with Crippen LogP contribution in [0.2, 0.25) is 10.0 Å². The van der Waals surface area contributed by atoms with Gasteiger partial charge in [-0.05, 0) is 50.8 Å². The van der Waals surface area contributed by atoms with Crippen LogP contribution in [0.25, 0.3) is 0 Å². The highest BCUT2D eigenvalue weighted by molar-refractivity contribution is 6.42. The predicted octanol–water partition coefficient (Wildman–Crippen LogP) is 5.66. The van der Waals surface area contributed by atoms with Gasteiger partial charge in [-0.2, -0.15) is 0 Å².